The Hall–Kier alpha value is -2.47. The van der Waals surface area contributed by atoms with E-state index in [9.17, 15) is 14.4 Å². The van der Waals surface area contributed by atoms with E-state index in [0.29, 0.717) is 28.3 Å². The molecule has 0 unspecified atom stereocenters. The van der Waals surface area contributed by atoms with Crippen molar-refractivity contribution < 1.29 is 19.1 Å². The summed E-state index contributed by atoms with van der Waals surface area (Å²) in [5, 5.41) is 4.57. The van der Waals surface area contributed by atoms with Gasteiger partial charge in [0.15, 0.2) is 11.6 Å². The summed E-state index contributed by atoms with van der Waals surface area (Å²) in [6.45, 7) is 3.74. The molecule has 130 valence electrons. The number of carbonyl (C=O) groups is 3. The average Bonchev–Trinajstić information content (AvgIpc) is 3.07. The Kier molecular flexibility index (Phi) is 4.72. The number of carbonyl (C=O) groups excluding carboxylic acids is 3. The molecule has 5 nitrogen and oxygen atoms in total. The molecule has 0 fully saturated rings. The molecule has 1 aliphatic heterocycles. The Labute approximate surface area is 150 Å². The van der Waals surface area contributed by atoms with E-state index in [1.165, 1.54) is 11.3 Å². The van der Waals surface area contributed by atoms with Crippen LogP contribution in [0.25, 0.3) is 0 Å². The molecule has 1 amide bonds. The number of benzene rings is 1. The summed E-state index contributed by atoms with van der Waals surface area (Å²) < 4.78 is 5.79. The van der Waals surface area contributed by atoms with Crippen LogP contribution in [0, 0.1) is 0 Å². The van der Waals surface area contributed by atoms with Gasteiger partial charge in [-0.1, -0.05) is 6.07 Å². The van der Waals surface area contributed by atoms with Gasteiger partial charge in [-0.2, -0.15) is 0 Å². The minimum atomic E-state index is -0.517. The van der Waals surface area contributed by atoms with Crippen molar-refractivity contribution in [2.24, 2.45) is 0 Å². The number of ether oxygens (including phenoxy) is 1. The lowest BCUT2D eigenvalue weighted by atomic mass is 9.93. The van der Waals surface area contributed by atoms with Crippen molar-refractivity contribution in [1.82, 2.24) is 0 Å². The number of thiophene rings is 1. The second-order valence-electron chi connectivity index (χ2n) is 6.62. The van der Waals surface area contributed by atoms with Gasteiger partial charge < -0.3 is 10.1 Å². The van der Waals surface area contributed by atoms with E-state index in [1.807, 2.05) is 25.3 Å². The van der Waals surface area contributed by atoms with Gasteiger partial charge in [-0.05, 0) is 43.5 Å². The van der Waals surface area contributed by atoms with Crippen LogP contribution in [-0.2, 0) is 4.79 Å². The lowest BCUT2D eigenvalue weighted by Gasteiger charge is -2.31. The molecule has 0 aliphatic carbocycles. The number of rotatable bonds is 5. The third-order valence-electron chi connectivity index (χ3n) is 3.91. The molecule has 1 aromatic carbocycles. The molecule has 1 N–H and O–H groups in total. The Morgan fingerprint density at radius 2 is 2.04 bits per heavy atom. The van der Waals surface area contributed by atoms with Crippen molar-refractivity contribution in [3.8, 4) is 5.75 Å². The predicted molar refractivity (Wildman–Crippen MR) is 96.6 cm³/mol. The van der Waals surface area contributed by atoms with Crippen LogP contribution >= 0.6 is 11.3 Å². The van der Waals surface area contributed by atoms with Gasteiger partial charge in [0, 0.05) is 18.5 Å². The summed E-state index contributed by atoms with van der Waals surface area (Å²) in [5.74, 6) is 0.234. The van der Waals surface area contributed by atoms with Crippen molar-refractivity contribution in [3.63, 3.8) is 0 Å². The fourth-order valence-electron chi connectivity index (χ4n) is 2.74. The standard InChI is InChI=1S/C19H19NO4S/c1-19(2)11-15(22)13-10-12(5-7-16(13)24-19)20-18(23)8-6-14(21)17-4-3-9-25-17/h3-5,7,9-10H,6,8,11H2,1-2H3,(H,20,23). The van der Waals surface area contributed by atoms with E-state index in [0.717, 1.165) is 0 Å². The van der Waals surface area contributed by atoms with Crippen LogP contribution in [-0.4, -0.2) is 23.1 Å². The van der Waals surface area contributed by atoms with E-state index in [-0.39, 0.29) is 30.3 Å². The molecule has 25 heavy (non-hydrogen) atoms. The van der Waals surface area contributed by atoms with Gasteiger partial charge in [0.2, 0.25) is 5.91 Å². The normalized spacial score (nSPS) is 15.2. The zero-order valence-corrected chi connectivity index (χ0v) is 14.9. The van der Waals surface area contributed by atoms with E-state index in [1.54, 1.807) is 24.3 Å². The fourth-order valence-corrected chi connectivity index (χ4v) is 3.44. The summed E-state index contributed by atoms with van der Waals surface area (Å²) in [6, 6.07) is 8.59. The van der Waals surface area contributed by atoms with Crippen LogP contribution in [0.2, 0.25) is 0 Å². The topological polar surface area (TPSA) is 72.5 Å². The summed E-state index contributed by atoms with van der Waals surface area (Å²) >= 11 is 1.37. The lowest BCUT2D eigenvalue weighted by Crippen LogP contribution is -2.35. The zero-order chi connectivity index (χ0) is 18.0. The SMILES string of the molecule is CC1(C)CC(=O)c2cc(NC(=O)CCC(=O)c3cccs3)ccc2O1. The molecule has 2 heterocycles. The van der Waals surface area contributed by atoms with Crippen LogP contribution < -0.4 is 10.1 Å². The van der Waals surface area contributed by atoms with E-state index in [2.05, 4.69) is 5.32 Å². The molecule has 1 aliphatic rings. The molecule has 0 radical (unpaired) electrons. The number of nitrogens with one attached hydrogen (secondary N) is 1. The van der Waals surface area contributed by atoms with Gasteiger partial charge in [0.05, 0.1) is 16.9 Å². The first-order chi connectivity index (χ1) is 11.8. The second kappa shape index (κ2) is 6.80. The fraction of sp³-hybridized carbons (Fsp3) is 0.316. The Balaban J connectivity index is 1.62. The summed E-state index contributed by atoms with van der Waals surface area (Å²) in [5.41, 5.74) is 0.493. The minimum absolute atomic E-state index is 0.00442. The van der Waals surface area contributed by atoms with Gasteiger partial charge >= 0.3 is 0 Å². The average molecular weight is 357 g/mol. The first-order valence-corrected chi connectivity index (χ1v) is 8.95. The van der Waals surface area contributed by atoms with Gasteiger partial charge in [0.1, 0.15) is 11.4 Å². The van der Waals surface area contributed by atoms with Gasteiger partial charge in [-0.25, -0.2) is 0 Å². The van der Waals surface area contributed by atoms with Crippen LogP contribution in [0.1, 0.15) is 53.1 Å². The molecule has 2 aromatic rings. The van der Waals surface area contributed by atoms with Crippen molar-refractivity contribution in [1.29, 1.82) is 0 Å². The number of fused-ring (bicyclic) bond motifs is 1. The predicted octanol–water partition coefficient (Wildman–Crippen LogP) is 4.09. The quantitative estimate of drug-likeness (QED) is 0.818. The number of Topliss-reactive ketones (excluding diaryl/α,β-unsaturated/α-hetero) is 2. The maximum absolute atomic E-state index is 12.2. The highest BCUT2D eigenvalue weighted by Crippen LogP contribution is 2.34. The monoisotopic (exact) mass is 357 g/mol. The molecule has 0 saturated carbocycles. The maximum Gasteiger partial charge on any atom is 0.224 e. The van der Waals surface area contributed by atoms with Gasteiger partial charge in [0.25, 0.3) is 0 Å². The largest absolute Gasteiger partial charge is 0.487 e. The highest BCUT2D eigenvalue weighted by molar-refractivity contribution is 7.12. The first-order valence-electron chi connectivity index (χ1n) is 8.07. The zero-order valence-electron chi connectivity index (χ0n) is 14.1. The van der Waals surface area contributed by atoms with E-state index in [4.69, 9.17) is 4.74 Å². The highest BCUT2D eigenvalue weighted by Gasteiger charge is 2.32. The van der Waals surface area contributed by atoms with Crippen molar-refractivity contribution in [3.05, 3.63) is 46.2 Å². The number of ketones is 2. The van der Waals surface area contributed by atoms with Crippen molar-refractivity contribution >= 4 is 34.5 Å². The van der Waals surface area contributed by atoms with Crippen LogP contribution in [0.4, 0.5) is 5.69 Å². The third-order valence-corrected chi connectivity index (χ3v) is 4.82. The minimum Gasteiger partial charge on any atom is -0.487 e. The summed E-state index contributed by atoms with van der Waals surface area (Å²) in [6.07, 6.45) is 0.561. The highest BCUT2D eigenvalue weighted by atomic mass is 32.1. The third kappa shape index (κ3) is 4.14. The van der Waals surface area contributed by atoms with E-state index >= 15 is 0 Å². The maximum atomic E-state index is 12.2. The molecule has 0 spiro atoms. The molecule has 0 bridgehead atoms. The lowest BCUT2D eigenvalue weighted by molar-refractivity contribution is -0.116. The molecule has 1 aromatic heterocycles. The molecule has 3 rings (SSSR count). The number of hydrogen-bond donors (Lipinski definition) is 1. The Morgan fingerprint density at radius 3 is 2.76 bits per heavy atom. The van der Waals surface area contributed by atoms with Crippen LogP contribution in [0.3, 0.4) is 0 Å². The van der Waals surface area contributed by atoms with E-state index < -0.39 is 5.60 Å². The number of amides is 1. The van der Waals surface area contributed by atoms with Crippen LogP contribution in [0.15, 0.2) is 35.7 Å². The molecule has 0 saturated heterocycles. The second-order valence-corrected chi connectivity index (χ2v) is 7.57. The van der Waals surface area contributed by atoms with Crippen LogP contribution in [0.5, 0.6) is 5.75 Å². The summed E-state index contributed by atoms with van der Waals surface area (Å²) in [7, 11) is 0. The molecule has 6 heteroatoms. The number of anilines is 1. The Bertz CT molecular complexity index is 824. The Morgan fingerprint density at radius 1 is 1.24 bits per heavy atom. The smallest absolute Gasteiger partial charge is 0.224 e. The molecular weight excluding hydrogens is 338 g/mol. The molecule has 0 atom stereocenters. The van der Waals surface area contributed by atoms with Gasteiger partial charge in [-0.3, -0.25) is 14.4 Å². The summed E-state index contributed by atoms with van der Waals surface area (Å²) in [4.78, 5) is 36.9. The first kappa shape index (κ1) is 17.4. The van der Waals surface area contributed by atoms with Crippen molar-refractivity contribution in [2.75, 3.05) is 5.32 Å². The van der Waals surface area contributed by atoms with Gasteiger partial charge in [-0.15, -0.1) is 11.3 Å². The number of hydrogen-bond acceptors (Lipinski definition) is 5. The molecular formula is C19H19NO4S. The van der Waals surface area contributed by atoms with Crippen molar-refractivity contribution in [2.45, 2.75) is 38.7 Å².